The fraction of sp³-hybridized carbons (Fsp3) is 0.444. The minimum atomic E-state index is -1.26. The summed E-state index contributed by atoms with van der Waals surface area (Å²) in [5.74, 6) is -1.61. The van der Waals surface area contributed by atoms with Crippen molar-refractivity contribution in [2.75, 3.05) is 32.9 Å². The molecule has 1 fully saturated rings. The Hall–Kier alpha value is -2.42. The molecule has 144 valence electrons. The van der Waals surface area contributed by atoms with Crippen molar-refractivity contribution < 1.29 is 34.0 Å². The first-order valence-corrected chi connectivity index (χ1v) is 8.27. The molecule has 26 heavy (non-hydrogen) atoms. The molecule has 3 N–H and O–H groups in total. The average Bonchev–Trinajstić information content (AvgIpc) is 2.63. The highest BCUT2D eigenvalue weighted by atomic mass is 16.5. The molecule has 1 aliphatic rings. The number of carboxylic acids is 2. The summed E-state index contributed by atoms with van der Waals surface area (Å²) in [6.45, 7) is 6.41. The predicted octanol–water partition coefficient (Wildman–Crippen LogP) is 1.30. The van der Waals surface area contributed by atoms with E-state index < -0.39 is 11.9 Å². The Bertz CT molecular complexity index is 567. The third-order valence-electron chi connectivity index (χ3n) is 3.21. The second-order valence-electron chi connectivity index (χ2n) is 5.26. The maximum atomic E-state index is 9.55. The Morgan fingerprint density at radius 1 is 1.27 bits per heavy atom. The molecule has 1 atom stereocenters. The van der Waals surface area contributed by atoms with E-state index in [1.54, 1.807) is 0 Å². The molecule has 1 saturated heterocycles. The van der Waals surface area contributed by atoms with E-state index in [1.807, 2.05) is 31.2 Å². The number of carboxylic acid groups (broad SMARTS) is 2. The normalized spacial score (nSPS) is 16.6. The van der Waals surface area contributed by atoms with Gasteiger partial charge >= 0.3 is 11.9 Å². The van der Waals surface area contributed by atoms with Crippen molar-refractivity contribution in [1.29, 1.82) is 0 Å². The maximum absolute atomic E-state index is 9.55. The Morgan fingerprint density at radius 2 is 1.96 bits per heavy atom. The average molecular weight is 367 g/mol. The summed E-state index contributed by atoms with van der Waals surface area (Å²) in [5.41, 5.74) is 1.09. The van der Waals surface area contributed by atoms with Gasteiger partial charge in [-0.25, -0.2) is 9.59 Å². The third kappa shape index (κ3) is 9.77. The second-order valence-corrected chi connectivity index (χ2v) is 5.26. The van der Waals surface area contributed by atoms with Crippen LogP contribution in [0.25, 0.3) is 0 Å². The third-order valence-corrected chi connectivity index (χ3v) is 3.21. The van der Waals surface area contributed by atoms with Crippen molar-refractivity contribution in [3.8, 4) is 5.75 Å². The van der Waals surface area contributed by atoms with Crippen molar-refractivity contribution in [2.24, 2.45) is 0 Å². The van der Waals surface area contributed by atoms with Crippen LogP contribution in [0.3, 0.4) is 0 Å². The van der Waals surface area contributed by atoms with E-state index in [-0.39, 0.29) is 6.10 Å². The van der Waals surface area contributed by atoms with Crippen LogP contribution in [-0.4, -0.2) is 61.2 Å². The highest BCUT2D eigenvalue weighted by Crippen LogP contribution is 2.18. The molecule has 1 unspecified atom stereocenters. The lowest BCUT2D eigenvalue weighted by Gasteiger charge is -2.23. The quantitative estimate of drug-likeness (QED) is 0.589. The molecule has 8 heteroatoms. The van der Waals surface area contributed by atoms with E-state index in [4.69, 9.17) is 24.4 Å². The highest BCUT2D eigenvalue weighted by Gasteiger charge is 2.13. The van der Waals surface area contributed by atoms with E-state index >= 15 is 0 Å². The predicted molar refractivity (Wildman–Crippen MR) is 94.3 cm³/mol. The van der Waals surface area contributed by atoms with Gasteiger partial charge in [-0.05, 0) is 13.0 Å². The first-order chi connectivity index (χ1) is 12.5. The van der Waals surface area contributed by atoms with Gasteiger partial charge in [-0.3, -0.25) is 0 Å². The zero-order valence-electron chi connectivity index (χ0n) is 14.7. The monoisotopic (exact) mass is 367 g/mol. The molecule has 1 aliphatic heterocycles. The van der Waals surface area contributed by atoms with Crippen molar-refractivity contribution in [2.45, 2.75) is 19.6 Å². The lowest BCUT2D eigenvalue weighted by atomic mass is 10.2. The Labute approximate surface area is 152 Å². The van der Waals surface area contributed by atoms with Crippen LogP contribution < -0.4 is 10.1 Å². The number of rotatable bonds is 8. The summed E-state index contributed by atoms with van der Waals surface area (Å²) in [5, 5.41) is 18.9. The Kier molecular flexibility index (Phi) is 10.7. The summed E-state index contributed by atoms with van der Waals surface area (Å²) in [6.07, 6.45) is 1.28. The number of nitrogens with one attached hydrogen (secondary N) is 1. The molecule has 0 spiro atoms. The topological polar surface area (TPSA) is 114 Å². The van der Waals surface area contributed by atoms with Gasteiger partial charge in [0, 0.05) is 30.8 Å². The smallest absolute Gasteiger partial charge is 0.328 e. The van der Waals surface area contributed by atoms with Gasteiger partial charge in [0.2, 0.25) is 0 Å². The Balaban J connectivity index is 0.000000359. The van der Waals surface area contributed by atoms with E-state index in [0.717, 1.165) is 31.0 Å². The van der Waals surface area contributed by atoms with Gasteiger partial charge in [-0.15, -0.1) is 0 Å². The summed E-state index contributed by atoms with van der Waals surface area (Å²) < 4.78 is 16.8. The lowest BCUT2D eigenvalue weighted by Crippen LogP contribution is -2.40. The number of para-hydroxylation sites is 1. The molecule has 0 aliphatic carbocycles. The number of hydrogen-bond acceptors (Lipinski definition) is 6. The number of carbonyl (C=O) groups is 2. The van der Waals surface area contributed by atoms with Crippen LogP contribution in [0.1, 0.15) is 12.5 Å². The first-order valence-electron chi connectivity index (χ1n) is 8.27. The molecule has 0 aromatic heterocycles. The zero-order chi connectivity index (χ0) is 19.2. The summed E-state index contributed by atoms with van der Waals surface area (Å²) >= 11 is 0. The van der Waals surface area contributed by atoms with Gasteiger partial charge in [0.1, 0.15) is 5.75 Å². The molecule has 2 rings (SSSR count). The van der Waals surface area contributed by atoms with Gasteiger partial charge in [0.05, 0.1) is 32.5 Å². The molecule has 0 amide bonds. The standard InChI is InChI=1S/C14H21NO3.C4H4O4/c1-2-17-14-6-4-3-5-12(14)10-16-11-13-9-15-7-8-18-13;5-3(6)1-2-4(7)8/h3-6,13,15H,2,7-11H2,1H3;1-2H,(H,5,6)(H,7,8). The number of aliphatic carboxylic acids is 2. The van der Waals surface area contributed by atoms with Crippen LogP contribution in [0.15, 0.2) is 36.4 Å². The van der Waals surface area contributed by atoms with E-state index in [0.29, 0.717) is 32.0 Å². The van der Waals surface area contributed by atoms with Gasteiger partial charge in [0.25, 0.3) is 0 Å². The van der Waals surface area contributed by atoms with Gasteiger partial charge in [-0.2, -0.15) is 0 Å². The molecular weight excluding hydrogens is 342 g/mol. The van der Waals surface area contributed by atoms with Gasteiger partial charge in [-0.1, -0.05) is 18.2 Å². The molecule has 1 heterocycles. The van der Waals surface area contributed by atoms with E-state index in [9.17, 15) is 9.59 Å². The fourth-order valence-corrected chi connectivity index (χ4v) is 2.09. The largest absolute Gasteiger partial charge is 0.494 e. The van der Waals surface area contributed by atoms with Crippen LogP contribution in [0, 0.1) is 0 Å². The number of hydrogen-bond donors (Lipinski definition) is 3. The van der Waals surface area contributed by atoms with Crippen LogP contribution in [0.2, 0.25) is 0 Å². The summed E-state index contributed by atoms with van der Waals surface area (Å²) in [7, 11) is 0. The van der Waals surface area contributed by atoms with Crippen molar-refractivity contribution in [3.05, 3.63) is 42.0 Å². The summed E-state index contributed by atoms with van der Waals surface area (Å²) in [4.78, 5) is 19.1. The van der Waals surface area contributed by atoms with Crippen LogP contribution >= 0.6 is 0 Å². The van der Waals surface area contributed by atoms with Crippen molar-refractivity contribution in [3.63, 3.8) is 0 Å². The van der Waals surface area contributed by atoms with Gasteiger partial charge in [0.15, 0.2) is 0 Å². The molecule has 0 radical (unpaired) electrons. The second kappa shape index (κ2) is 12.9. The van der Waals surface area contributed by atoms with Crippen LogP contribution in [0.5, 0.6) is 5.75 Å². The molecule has 8 nitrogen and oxygen atoms in total. The van der Waals surface area contributed by atoms with Gasteiger partial charge < -0.3 is 29.7 Å². The summed E-state index contributed by atoms with van der Waals surface area (Å²) in [6, 6.07) is 7.98. The Morgan fingerprint density at radius 3 is 2.54 bits per heavy atom. The van der Waals surface area contributed by atoms with Crippen LogP contribution in [-0.2, 0) is 25.7 Å². The lowest BCUT2D eigenvalue weighted by molar-refractivity contribution is -0.134. The number of benzene rings is 1. The van der Waals surface area contributed by atoms with E-state index in [2.05, 4.69) is 5.32 Å². The SMILES string of the molecule is CCOc1ccccc1COCC1CNCCO1.O=C(O)C=CC(=O)O. The zero-order valence-corrected chi connectivity index (χ0v) is 14.7. The molecular formula is C18H25NO7. The minimum Gasteiger partial charge on any atom is -0.494 e. The molecule has 1 aromatic rings. The van der Waals surface area contributed by atoms with E-state index in [1.165, 1.54) is 0 Å². The van der Waals surface area contributed by atoms with Crippen molar-refractivity contribution in [1.82, 2.24) is 5.32 Å². The maximum Gasteiger partial charge on any atom is 0.328 e. The minimum absolute atomic E-state index is 0.165. The molecule has 0 saturated carbocycles. The molecule has 1 aromatic carbocycles. The number of ether oxygens (including phenoxy) is 3. The molecule has 0 bridgehead atoms. The highest BCUT2D eigenvalue weighted by molar-refractivity contribution is 5.89. The number of morpholine rings is 1. The fourth-order valence-electron chi connectivity index (χ4n) is 2.09. The first kappa shape index (κ1) is 21.6. The van der Waals surface area contributed by atoms with Crippen molar-refractivity contribution >= 4 is 11.9 Å². The van der Waals surface area contributed by atoms with Crippen LogP contribution in [0.4, 0.5) is 0 Å².